The SMILES string of the molecule is COc1cccc(CN)c1OCc1ccc(Cl)c(Cl)c1. The number of methoxy groups -OCH3 is 1. The lowest BCUT2D eigenvalue weighted by Crippen LogP contribution is -2.04. The first-order chi connectivity index (χ1) is 9.65. The van der Waals surface area contributed by atoms with Crippen LogP contribution in [0.5, 0.6) is 11.5 Å². The first kappa shape index (κ1) is 15.0. The maximum Gasteiger partial charge on any atom is 0.166 e. The quantitative estimate of drug-likeness (QED) is 0.906. The van der Waals surface area contributed by atoms with Crippen molar-refractivity contribution in [2.75, 3.05) is 7.11 Å². The zero-order valence-corrected chi connectivity index (χ0v) is 12.5. The lowest BCUT2D eigenvalue weighted by molar-refractivity contribution is 0.281. The molecule has 0 atom stereocenters. The molecular weight excluding hydrogens is 297 g/mol. The van der Waals surface area contributed by atoms with Crippen LogP contribution in [0.25, 0.3) is 0 Å². The van der Waals surface area contributed by atoms with Gasteiger partial charge in [-0.3, -0.25) is 0 Å². The first-order valence-corrected chi connectivity index (χ1v) is 6.84. The smallest absolute Gasteiger partial charge is 0.166 e. The maximum absolute atomic E-state index is 5.98. The molecule has 0 saturated heterocycles. The van der Waals surface area contributed by atoms with E-state index in [1.54, 1.807) is 19.2 Å². The lowest BCUT2D eigenvalue weighted by atomic mass is 10.2. The van der Waals surface area contributed by atoms with Crippen LogP contribution in [-0.4, -0.2) is 7.11 Å². The number of benzene rings is 2. The zero-order valence-electron chi connectivity index (χ0n) is 11.0. The van der Waals surface area contributed by atoms with Crippen LogP contribution in [0.2, 0.25) is 10.0 Å². The van der Waals surface area contributed by atoms with Gasteiger partial charge in [0, 0.05) is 12.1 Å². The van der Waals surface area contributed by atoms with E-state index in [1.807, 2.05) is 24.3 Å². The third-order valence-electron chi connectivity index (χ3n) is 2.87. The summed E-state index contributed by atoms with van der Waals surface area (Å²) >= 11 is 11.9. The van der Waals surface area contributed by atoms with Gasteiger partial charge in [0.15, 0.2) is 11.5 Å². The van der Waals surface area contributed by atoms with Crippen molar-refractivity contribution in [3.8, 4) is 11.5 Å². The van der Waals surface area contributed by atoms with E-state index >= 15 is 0 Å². The highest BCUT2D eigenvalue weighted by Crippen LogP contribution is 2.32. The van der Waals surface area contributed by atoms with Gasteiger partial charge in [0.25, 0.3) is 0 Å². The summed E-state index contributed by atoms with van der Waals surface area (Å²) in [7, 11) is 1.60. The third kappa shape index (κ3) is 3.37. The number of halogens is 2. The molecule has 0 unspecified atom stereocenters. The van der Waals surface area contributed by atoms with Crippen molar-refractivity contribution in [2.45, 2.75) is 13.2 Å². The molecule has 106 valence electrons. The average molecular weight is 312 g/mol. The number of para-hydroxylation sites is 1. The number of rotatable bonds is 5. The molecule has 0 amide bonds. The number of nitrogens with two attached hydrogens (primary N) is 1. The summed E-state index contributed by atoms with van der Waals surface area (Å²) in [4.78, 5) is 0. The van der Waals surface area contributed by atoms with Gasteiger partial charge in [0.1, 0.15) is 6.61 Å². The van der Waals surface area contributed by atoms with E-state index in [-0.39, 0.29) is 0 Å². The molecule has 0 aliphatic carbocycles. The molecule has 3 nitrogen and oxygen atoms in total. The molecule has 0 aromatic heterocycles. The van der Waals surface area contributed by atoms with Crippen LogP contribution in [0.3, 0.4) is 0 Å². The summed E-state index contributed by atoms with van der Waals surface area (Å²) in [5, 5.41) is 1.03. The fourth-order valence-electron chi connectivity index (χ4n) is 1.83. The Labute approximate surface area is 128 Å². The van der Waals surface area contributed by atoms with Crippen molar-refractivity contribution in [3.63, 3.8) is 0 Å². The van der Waals surface area contributed by atoms with Crippen LogP contribution < -0.4 is 15.2 Å². The Morgan fingerprint density at radius 2 is 1.90 bits per heavy atom. The van der Waals surface area contributed by atoms with Crippen molar-refractivity contribution < 1.29 is 9.47 Å². The minimum absolute atomic E-state index is 0.365. The third-order valence-corrected chi connectivity index (χ3v) is 3.61. The molecule has 0 spiro atoms. The Kier molecular flexibility index (Phi) is 5.12. The van der Waals surface area contributed by atoms with Gasteiger partial charge in [0.2, 0.25) is 0 Å². The molecule has 0 radical (unpaired) electrons. The first-order valence-electron chi connectivity index (χ1n) is 6.08. The summed E-state index contributed by atoms with van der Waals surface area (Å²) in [5.74, 6) is 1.32. The molecule has 2 aromatic carbocycles. The Bertz CT molecular complexity index is 580. The Hall–Kier alpha value is -1.42. The van der Waals surface area contributed by atoms with E-state index < -0.39 is 0 Å². The van der Waals surface area contributed by atoms with Crippen molar-refractivity contribution in [1.82, 2.24) is 0 Å². The second kappa shape index (κ2) is 6.84. The topological polar surface area (TPSA) is 44.5 Å². The van der Waals surface area contributed by atoms with Gasteiger partial charge in [0.05, 0.1) is 17.2 Å². The van der Waals surface area contributed by atoms with E-state index in [0.29, 0.717) is 34.7 Å². The Morgan fingerprint density at radius 3 is 2.55 bits per heavy atom. The molecule has 2 N–H and O–H groups in total. The largest absolute Gasteiger partial charge is 0.493 e. The highest BCUT2D eigenvalue weighted by Gasteiger charge is 2.10. The van der Waals surface area contributed by atoms with Crippen LogP contribution in [0.4, 0.5) is 0 Å². The Balaban J connectivity index is 2.19. The molecule has 0 aliphatic rings. The molecule has 20 heavy (non-hydrogen) atoms. The average Bonchev–Trinajstić information content (AvgIpc) is 2.48. The molecule has 2 aromatic rings. The second-order valence-electron chi connectivity index (χ2n) is 4.19. The second-order valence-corrected chi connectivity index (χ2v) is 5.00. The van der Waals surface area contributed by atoms with Crippen LogP contribution in [-0.2, 0) is 13.2 Å². The minimum Gasteiger partial charge on any atom is -0.493 e. The van der Waals surface area contributed by atoms with Gasteiger partial charge < -0.3 is 15.2 Å². The van der Waals surface area contributed by atoms with E-state index in [2.05, 4.69) is 0 Å². The molecular formula is C15H15Cl2NO2. The van der Waals surface area contributed by atoms with Crippen molar-refractivity contribution >= 4 is 23.2 Å². The van der Waals surface area contributed by atoms with Crippen LogP contribution >= 0.6 is 23.2 Å². The molecule has 0 saturated carbocycles. The zero-order chi connectivity index (χ0) is 14.5. The van der Waals surface area contributed by atoms with Crippen LogP contribution in [0.1, 0.15) is 11.1 Å². The summed E-state index contributed by atoms with van der Waals surface area (Å²) in [6.07, 6.45) is 0. The van der Waals surface area contributed by atoms with E-state index in [4.69, 9.17) is 38.4 Å². The molecule has 2 rings (SSSR count). The van der Waals surface area contributed by atoms with Gasteiger partial charge >= 0.3 is 0 Å². The predicted molar refractivity (Wildman–Crippen MR) is 81.7 cm³/mol. The molecule has 0 fully saturated rings. The van der Waals surface area contributed by atoms with E-state index in [0.717, 1.165) is 11.1 Å². The standard InChI is InChI=1S/C15H15Cl2NO2/c1-19-14-4-2-3-11(8-18)15(14)20-9-10-5-6-12(16)13(17)7-10/h2-7H,8-9,18H2,1H3. The lowest BCUT2D eigenvalue weighted by Gasteiger charge is -2.14. The summed E-state index contributed by atoms with van der Waals surface area (Å²) in [6, 6.07) is 11.0. The van der Waals surface area contributed by atoms with Crippen LogP contribution in [0, 0.1) is 0 Å². The van der Waals surface area contributed by atoms with Gasteiger partial charge in [-0.25, -0.2) is 0 Å². The molecule has 0 aliphatic heterocycles. The maximum atomic E-state index is 5.98. The van der Waals surface area contributed by atoms with Gasteiger partial charge in [-0.1, -0.05) is 41.4 Å². The van der Waals surface area contributed by atoms with Crippen molar-refractivity contribution in [1.29, 1.82) is 0 Å². The fraction of sp³-hybridized carbons (Fsp3) is 0.200. The highest BCUT2D eigenvalue weighted by atomic mass is 35.5. The fourth-order valence-corrected chi connectivity index (χ4v) is 2.15. The predicted octanol–water partition coefficient (Wildman–Crippen LogP) is 4.04. The highest BCUT2D eigenvalue weighted by molar-refractivity contribution is 6.42. The van der Waals surface area contributed by atoms with Gasteiger partial charge in [-0.2, -0.15) is 0 Å². The monoisotopic (exact) mass is 311 g/mol. The molecule has 0 bridgehead atoms. The Morgan fingerprint density at radius 1 is 1.10 bits per heavy atom. The van der Waals surface area contributed by atoms with Crippen molar-refractivity contribution in [3.05, 3.63) is 57.6 Å². The van der Waals surface area contributed by atoms with E-state index in [1.165, 1.54) is 0 Å². The van der Waals surface area contributed by atoms with Gasteiger partial charge in [-0.05, 0) is 23.8 Å². The summed E-state index contributed by atoms with van der Waals surface area (Å²) < 4.78 is 11.1. The number of ether oxygens (including phenoxy) is 2. The normalized spacial score (nSPS) is 10.4. The summed E-state index contributed by atoms with van der Waals surface area (Å²) in [6.45, 7) is 0.748. The minimum atomic E-state index is 0.365. The molecule has 5 heteroatoms. The number of hydrogen-bond donors (Lipinski definition) is 1. The molecule has 0 heterocycles. The number of hydrogen-bond acceptors (Lipinski definition) is 3. The van der Waals surface area contributed by atoms with E-state index in [9.17, 15) is 0 Å². The van der Waals surface area contributed by atoms with Crippen LogP contribution in [0.15, 0.2) is 36.4 Å². The van der Waals surface area contributed by atoms with Gasteiger partial charge in [-0.15, -0.1) is 0 Å². The van der Waals surface area contributed by atoms with Crippen molar-refractivity contribution in [2.24, 2.45) is 5.73 Å². The summed E-state index contributed by atoms with van der Waals surface area (Å²) in [5.41, 5.74) is 7.53.